The van der Waals surface area contributed by atoms with Crippen LogP contribution in [0.25, 0.3) is 0 Å². The van der Waals surface area contributed by atoms with Crippen molar-refractivity contribution in [2.45, 2.75) is 45.6 Å². The van der Waals surface area contributed by atoms with Gasteiger partial charge in [0.1, 0.15) is 6.10 Å². The van der Waals surface area contributed by atoms with Crippen LogP contribution in [0.15, 0.2) is 0 Å². The zero-order valence-corrected chi connectivity index (χ0v) is 21.7. The van der Waals surface area contributed by atoms with Crippen LogP contribution in [-0.4, -0.2) is 128 Å². The summed E-state index contributed by atoms with van der Waals surface area (Å²) in [6.07, 6.45) is 1.42. The lowest BCUT2D eigenvalue weighted by molar-refractivity contribution is -0.165. The number of rotatable bonds is 11. The summed E-state index contributed by atoms with van der Waals surface area (Å²) >= 11 is 0. The van der Waals surface area contributed by atoms with Crippen LogP contribution in [0, 0.1) is 10.8 Å². The molecule has 3 rings (SSSR count). The maximum absolute atomic E-state index is 12.7. The van der Waals surface area contributed by atoms with E-state index in [0.29, 0.717) is 45.6 Å². The van der Waals surface area contributed by atoms with Crippen molar-refractivity contribution in [1.82, 2.24) is 19.6 Å². The van der Waals surface area contributed by atoms with Crippen LogP contribution in [0.5, 0.6) is 0 Å². The summed E-state index contributed by atoms with van der Waals surface area (Å²) < 4.78 is 16.0. The van der Waals surface area contributed by atoms with Crippen molar-refractivity contribution in [3.63, 3.8) is 0 Å². The SMILES string of the molecule is CCOC(=O)CC1(C(=O)OCC)CCN(CC2CN(CCCN3CCN(C(=N)N)CC3)C(=O)O2)CC1. The molecule has 0 aliphatic carbocycles. The number of carbonyl (C=O) groups is 3. The predicted molar refractivity (Wildman–Crippen MR) is 132 cm³/mol. The number of likely N-dealkylation sites (tertiary alicyclic amines) is 1. The summed E-state index contributed by atoms with van der Waals surface area (Å²) in [5.74, 6) is -0.584. The van der Waals surface area contributed by atoms with Gasteiger partial charge in [0.15, 0.2) is 5.96 Å². The first kappa shape index (κ1) is 28.0. The molecule has 1 unspecified atom stereocenters. The van der Waals surface area contributed by atoms with E-state index in [1.807, 2.05) is 4.90 Å². The van der Waals surface area contributed by atoms with Crippen LogP contribution in [0.4, 0.5) is 4.79 Å². The van der Waals surface area contributed by atoms with Gasteiger partial charge in [-0.25, -0.2) is 4.79 Å². The maximum atomic E-state index is 12.7. The van der Waals surface area contributed by atoms with E-state index in [0.717, 1.165) is 39.1 Å². The van der Waals surface area contributed by atoms with Gasteiger partial charge in [0, 0.05) is 39.3 Å². The molecule has 3 saturated heterocycles. The third-order valence-corrected chi connectivity index (χ3v) is 7.34. The molecule has 3 aliphatic rings. The molecule has 3 fully saturated rings. The number of hydrogen-bond donors (Lipinski definition) is 2. The number of piperidine rings is 1. The fourth-order valence-corrected chi connectivity index (χ4v) is 5.23. The molecule has 12 nitrogen and oxygen atoms in total. The number of esters is 2. The number of nitrogens with two attached hydrogens (primary N) is 1. The Morgan fingerprint density at radius 2 is 1.69 bits per heavy atom. The van der Waals surface area contributed by atoms with Crippen LogP contribution in [0.2, 0.25) is 0 Å². The molecule has 0 spiro atoms. The standard InChI is InChI=1S/C24H42N6O6/c1-3-34-20(31)16-24(21(32)35-4-2)6-10-28(11-7-24)17-19-18-30(23(33)36-19)9-5-8-27-12-14-29(15-13-27)22(25)26/h19H,3-18H2,1-2H3,(H3,25,26). The van der Waals surface area contributed by atoms with Crippen molar-refractivity contribution >= 4 is 24.0 Å². The highest BCUT2D eigenvalue weighted by molar-refractivity contribution is 5.83. The van der Waals surface area contributed by atoms with Crippen LogP contribution in [0.3, 0.4) is 0 Å². The van der Waals surface area contributed by atoms with Crippen molar-refractivity contribution < 1.29 is 28.6 Å². The number of guanidine groups is 1. The van der Waals surface area contributed by atoms with Crippen molar-refractivity contribution in [2.24, 2.45) is 11.1 Å². The van der Waals surface area contributed by atoms with Crippen molar-refractivity contribution in [3.05, 3.63) is 0 Å². The first-order chi connectivity index (χ1) is 17.3. The molecule has 36 heavy (non-hydrogen) atoms. The Morgan fingerprint density at radius 3 is 2.31 bits per heavy atom. The first-order valence-electron chi connectivity index (χ1n) is 13.1. The topological polar surface area (TPSA) is 142 Å². The second-order valence-electron chi connectivity index (χ2n) is 9.80. The smallest absolute Gasteiger partial charge is 0.410 e. The Bertz CT molecular complexity index is 779. The van der Waals surface area contributed by atoms with Gasteiger partial charge in [0.2, 0.25) is 0 Å². The van der Waals surface area contributed by atoms with E-state index in [1.165, 1.54) is 0 Å². The molecular formula is C24H42N6O6. The highest BCUT2D eigenvalue weighted by atomic mass is 16.6. The molecule has 3 heterocycles. The minimum atomic E-state index is -0.854. The third-order valence-electron chi connectivity index (χ3n) is 7.34. The minimum Gasteiger partial charge on any atom is -0.466 e. The summed E-state index contributed by atoms with van der Waals surface area (Å²) in [5, 5.41) is 7.52. The minimum absolute atomic E-state index is 0.0313. The Labute approximate surface area is 213 Å². The van der Waals surface area contributed by atoms with Crippen LogP contribution in [-0.2, 0) is 23.8 Å². The number of nitrogens with one attached hydrogen (secondary N) is 1. The highest BCUT2D eigenvalue weighted by Gasteiger charge is 2.45. The van der Waals surface area contributed by atoms with E-state index in [9.17, 15) is 14.4 Å². The number of ether oxygens (including phenoxy) is 3. The zero-order valence-electron chi connectivity index (χ0n) is 21.7. The maximum Gasteiger partial charge on any atom is 0.410 e. The number of cyclic esters (lactones) is 1. The van der Waals surface area contributed by atoms with Crippen LogP contribution < -0.4 is 5.73 Å². The fourth-order valence-electron chi connectivity index (χ4n) is 5.23. The molecule has 0 aromatic heterocycles. The van der Waals surface area contributed by atoms with E-state index in [4.69, 9.17) is 25.4 Å². The molecule has 204 valence electrons. The molecule has 0 bridgehead atoms. The van der Waals surface area contributed by atoms with Gasteiger partial charge in [-0.1, -0.05) is 0 Å². The van der Waals surface area contributed by atoms with Crippen molar-refractivity contribution in [2.75, 3.05) is 78.7 Å². The van der Waals surface area contributed by atoms with Gasteiger partial charge in [-0.3, -0.25) is 24.8 Å². The second kappa shape index (κ2) is 13.1. The average molecular weight is 511 g/mol. The van der Waals surface area contributed by atoms with Crippen molar-refractivity contribution in [3.8, 4) is 0 Å². The summed E-state index contributed by atoms with van der Waals surface area (Å²) in [7, 11) is 0. The van der Waals surface area contributed by atoms with Crippen LogP contribution in [0.1, 0.15) is 39.5 Å². The lowest BCUT2D eigenvalue weighted by Crippen LogP contribution is -2.51. The van der Waals surface area contributed by atoms with E-state index in [-0.39, 0.29) is 49.7 Å². The predicted octanol–water partition coefficient (Wildman–Crippen LogP) is 0.307. The lowest BCUT2D eigenvalue weighted by Gasteiger charge is -2.39. The largest absolute Gasteiger partial charge is 0.466 e. The molecule has 3 N–H and O–H groups in total. The van der Waals surface area contributed by atoms with Gasteiger partial charge in [0.25, 0.3) is 0 Å². The molecule has 12 heteroatoms. The monoisotopic (exact) mass is 510 g/mol. The molecule has 0 aromatic rings. The van der Waals surface area contributed by atoms with Crippen LogP contribution >= 0.6 is 0 Å². The van der Waals surface area contributed by atoms with Crippen molar-refractivity contribution in [1.29, 1.82) is 5.41 Å². The molecule has 1 atom stereocenters. The number of hydrogen-bond acceptors (Lipinski definition) is 9. The molecule has 0 aromatic carbocycles. The Kier molecular flexibility index (Phi) is 10.2. The van der Waals surface area contributed by atoms with E-state index < -0.39 is 5.41 Å². The summed E-state index contributed by atoms with van der Waals surface area (Å²) in [5.41, 5.74) is 4.70. The highest BCUT2D eigenvalue weighted by Crippen LogP contribution is 2.37. The Hall–Kier alpha value is -2.60. The van der Waals surface area contributed by atoms with Gasteiger partial charge in [-0.2, -0.15) is 0 Å². The van der Waals surface area contributed by atoms with E-state index >= 15 is 0 Å². The quantitative estimate of drug-likeness (QED) is 0.173. The third kappa shape index (κ3) is 7.45. The number of amides is 1. The van der Waals surface area contributed by atoms with Gasteiger partial charge in [0.05, 0.1) is 31.6 Å². The molecular weight excluding hydrogens is 468 g/mol. The summed E-state index contributed by atoms with van der Waals surface area (Å²) in [6.45, 7) is 11.3. The molecule has 0 radical (unpaired) electrons. The molecule has 1 amide bonds. The number of carbonyl (C=O) groups excluding carboxylic acids is 3. The van der Waals surface area contributed by atoms with Gasteiger partial charge < -0.3 is 29.7 Å². The fraction of sp³-hybridized carbons (Fsp3) is 0.833. The first-order valence-corrected chi connectivity index (χ1v) is 13.1. The zero-order chi connectivity index (χ0) is 26.1. The summed E-state index contributed by atoms with van der Waals surface area (Å²) in [6, 6.07) is 0. The van der Waals surface area contributed by atoms with Gasteiger partial charge in [-0.05, 0) is 52.7 Å². The van der Waals surface area contributed by atoms with E-state index in [2.05, 4.69) is 9.80 Å². The van der Waals surface area contributed by atoms with Gasteiger partial charge in [-0.15, -0.1) is 0 Å². The number of piperazine rings is 1. The van der Waals surface area contributed by atoms with Gasteiger partial charge >= 0.3 is 18.0 Å². The lowest BCUT2D eigenvalue weighted by atomic mass is 9.75. The normalized spacial score (nSPS) is 22.8. The Balaban J connectivity index is 1.40. The van der Waals surface area contributed by atoms with E-state index in [1.54, 1.807) is 18.7 Å². The molecule has 3 aliphatic heterocycles. The average Bonchev–Trinajstić information content (AvgIpc) is 3.19. The summed E-state index contributed by atoms with van der Waals surface area (Å²) in [4.78, 5) is 45.4. The second-order valence-corrected chi connectivity index (χ2v) is 9.80. The Morgan fingerprint density at radius 1 is 1.03 bits per heavy atom. The molecule has 0 saturated carbocycles. The number of nitrogens with zero attached hydrogens (tertiary/aromatic N) is 4.